The van der Waals surface area contributed by atoms with Gasteiger partial charge in [0, 0.05) is 12.5 Å². The molecule has 15 heavy (non-hydrogen) atoms. The Labute approximate surface area is 95.6 Å². The molecule has 5 heteroatoms. The third-order valence-electron chi connectivity index (χ3n) is 2.17. The lowest BCUT2D eigenvalue weighted by Gasteiger charge is -2.22. The molecule has 0 aliphatic rings. The summed E-state index contributed by atoms with van der Waals surface area (Å²) in [6.45, 7) is 8.89. The van der Waals surface area contributed by atoms with Crippen LogP contribution < -0.4 is 0 Å². The lowest BCUT2D eigenvalue weighted by Crippen LogP contribution is -2.23. The maximum absolute atomic E-state index is 6.02. The molecule has 1 atom stereocenters. The number of rotatable bonds is 3. The number of methoxy groups -OCH3 is 1. The predicted molar refractivity (Wildman–Crippen MR) is 60.3 cm³/mol. The van der Waals surface area contributed by atoms with E-state index in [1.54, 1.807) is 7.11 Å². The third kappa shape index (κ3) is 2.69. The van der Waals surface area contributed by atoms with Crippen molar-refractivity contribution in [2.45, 2.75) is 39.2 Å². The summed E-state index contributed by atoms with van der Waals surface area (Å²) < 4.78 is 7.04. The second kappa shape index (κ2) is 4.49. The second-order valence-electron chi connectivity index (χ2n) is 4.72. The summed E-state index contributed by atoms with van der Waals surface area (Å²) in [6.07, 6.45) is 0. The molecule has 1 unspecified atom stereocenters. The van der Waals surface area contributed by atoms with E-state index in [9.17, 15) is 0 Å². The molecule has 4 nitrogen and oxygen atoms in total. The molecular weight excluding hydrogens is 214 g/mol. The first kappa shape index (κ1) is 12.5. The standard InChI is InChI=1S/C10H18ClN3O/c1-7(6-15-5)14-8(10(2,3)4)12-13-9(14)11/h7H,6H2,1-5H3. The molecule has 0 fully saturated rings. The first-order chi connectivity index (χ1) is 6.88. The van der Waals surface area contributed by atoms with E-state index < -0.39 is 0 Å². The van der Waals surface area contributed by atoms with Crippen LogP contribution in [-0.4, -0.2) is 28.5 Å². The topological polar surface area (TPSA) is 39.9 Å². The first-order valence-corrected chi connectivity index (χ1v) is 5.35. The minimum Gasteiger partial charge on any atom is -0.383 e. The van der Waals surface area contributed by atoms with Crippen molar-refractivity contribution >= 4 is 11.6 Å². The highest BCUT2D eigenvalue weighted by atomic mass is 35.5. The number of hydrogen-bond acceptors (Lipinski definition) is 3. The largest absolute Gasteiger partial charge is 0.383 e. The predicted octanol–water partition coefficient (Wildman–Crippen LogP) is 2.44. The minimum atomic E-state index is -0.0673. The second-order valence-corrected chi connectivity index (χ2v) is 5.06. The van der Waals surface area contributed by atoms with Crippen LogP contribution >= 0.6 is 11.6 Å². The van der Waals surface area contributed by atoms with Crippen molar-refractivity contribution in [2.75, 3.05) is 13.7 Å². The number of ether oxygens (including phenoxy) is 1. The smallest absolute Gasteiger partial charge is 0.225 e. The summed E-state index contributed by atoms with van der Waals surface area (Å²) in [4.78, 5) is 0. The van der Waals surface area contributed by atoms with Crippen LogP contribution in [0.1, 0.15) is 39.6 Å². The fourth-order valence-corrected chi connectivity index (χ4v) is 1.77. The molecule has 0 N–H and O–H groups in total. The van der Waals surface area contributed by atoms with Crippen LogP contribution in [-0.2, 0) is 10.2 Å². The minimum absolute atomic E-state index is 0.0673. The highest BCUT2D eigenvalue weighted by Crippen LogP contribution is 2.26. The fraction of sp³-hybridized carbons (Fsp3) is 0.800. The third-order valence-corrected chi connectivity index (χ3v) is 2.43. The molecule has 0 amide bonds. The molecule has 0 spiro atoms. The Morgan fingerprint density at radius 1 is 1.40 bits per heavy atom. The van der Waals surface area contributed by atoms with Gasteiger partial charge in [-0.1, -0.05) is 20.8 Å². The Morgan fingerprint density at radius 2 is 2.00 bits per heavy atom. The molecule has 1 aromatic rings. The monoisotopic (exact) mass is 231 g/mol. The molecule has 0 saturated carbocycles. The zero-order valence-corrected chi connectivity index (χ0v) is 10.7. The number of nitrogens with zero attached hydrogens (tertiary/aromatic N) is 3. The molecule has 0 aliphatic carbocycles. The summed E-state index contributed by atoms with van der Waals surface area (Å²) in [6, 6.07) is 0.145. The molecular formula is C10H18ClN3O. The van der Waals surface area contributed by atoms with E-state index in [-0.39, 0.29) is 11.5 Å². The van der Waals surface area contributed by atoms with E-state index in [0.717, 1.165) is 5.82 Å². The summed E-state index contributed by atoms with van der Waals surface area (Å²) >= 11 is 6.02. The van der Waals surface area contributed by atoms with Crippen LogP contribution in [0.5, 0.6) is 0 Å². The van der Waals surface area contributed by atoms with Gasteiger partial charge < -0.3 is 4.74 Å². The molecule has 0 radical (unpaired) electrons. The number of hydrogen-bond donors (Lipinski definition) is 0. The summed E-state index contributed by atoms with van der Waals surface area (Å²) in [5.41, 5.74) is -0.0673. The van der Waals surface area contributed by atoms with E-state index in [1.165, 1.54) is 0 Å². The summed E-state index contributed by atoms with van der Waals surface area (Å²) in [7, 11) is 1.67. The van der Waals surface area contributed by atoms with Crippen LogP contribution in [0.4, 0.5) is 0 Å². The number of halogens is 1. The van der Waals surface area contributed by atoms with E-state index in [1.807, 2.05) is 11.5 Å². The van der Waals surface area contributed by atoms with Gasteiger partial charge in [0.1, 0.15) is 5.82 Å². The quantitative estimate of drug-likeness (QED) is 0.802. The Morgan fingerprint density at radius 3 is 2.47 bits per heavy atom. The maximum atomic E-state index is 6.02. The van der Waals surface area contributed by atoms with Crippen molar-refractivity contribution in [3.63, 3.8) is 0 Å². The van der Waals surface area contributed by atoms with Gasteiger partial charge in [0.25, 0.3) is 0 Å². The van der Waals surface area contributed by atoms with Crippen molar-refractivity contribution in [3.8, 4) is 0 Å². The maximum Gasteiger partial charge on any atom is 0.225 e. The summed E-state index contributed by atoms with van der Waals surface area (Å²) in [5.74, 6) is 0.886. The van der Waals surface area contributed by atoms with Crippen LogP contribution in [0.15, 0.2) is 0 Å². The van der Waals surface area contributed by atoms with Gasteiger partial charge in [-0.15, -0.1) is 10.2 Å². The summed E-state index contributed by atoms with van der Waals surface area (Å²) in [5, 5.41) is 8.45. The van der Waals surface area contributed by atoms with Crippen LogP contribution in [0.25, 0.3) is 0 Å². The lowest BCUT2D eigenvalue weighted by molar-refractivity contribution is 0.159. The molecule has 1 aromatic heterocycles. The Hall–Kier alpha value is -0.610. The van der Waals surface area contributed by atoms with Gasteiger partial charge in [-0.05, 0) is 18.5 Å². The van der Waals surface area contributed by atoms with Crippen LogP contribution in [0.3, 0.4) is 0 Å². The van der Waals surface area contributed by atoms with Gasteiger partial charge in [0.2, 0.25) is 5.28 Å². The van der Waals surface area contributed by atoms with Crippen molar-refractivity contribution in [1.29, 1.82) is 0 Å². The SMILES string of the molecule is COCC(C)n1c(Cl)nnc1C(C)(C)C. The molecule has 1 rings (SSSR count). The van der Waals surface area contributed by atoms with Crippen molar-refractivity contribution < 1.29 is 4.74 Å². The molecule has 1 heterocycles. The zero-order chi connectivity index (χ0) is 11.6. The highest BCUT2D eigenvalue weighted by molar-refractivity contribution is 6.28. The van der Waals surface area contributed by atoms with Gasteiger partial charge >= 0.3 is 0 Å². The normalized spacial score (nSPS) is 14.3. The van der Waals surface area contributed by atoms with E-state index in [0.29, 0.717) is 11.9 Å². The van der Waals surface area contributed by atoms with Crippen molar-refractivity contribution in [1.82, 2.24) is 14.8 Å². The molecule has 0 aliphatic heterocycles. The van der Waals surface area contributed by atoms with Gasteiger partial charge in [-0.3, -0.25) is 4.57 Å². The number of aromatic nitrogens is 3. The lowest BCUT2D eigenvalue weighted by atomic mass is 9.95. The van der Waals surface area contributed by atoms with Crippen LogP contribution in [0.2, 0.25) is 5.28 Å². The fourth-order valence-electron chi connectivity index (χ4n) is 1.49. The van der Waals surface area contributed by atoms with Crippen molar-refractivity contribution in [2.24, 2.45) is 0 Å². The Bertz CT molecular complexity index is 330. The van der Waals surface area contributed by atoms with Gasteiger partial charge in [-0.25, -0.2) is 0 Å². The van der Waals surface area contributed by atoms with Crippen molar-refractivity contribution in [3.05, 3.63) is 11.1 Å². The average Bonchev–Trinajstić information content (AvgIpc) is 2.46. The first-order valence-electron chi connectivity index (χ1n) is 4.97. The zero-order valence-electron chi connectivity index (χ0n) is 9.91. The molecule has 0 aromatic carbocycles. The average molecular weight is 232 g/mol. The highest BCUT2D eigenvalue weighted by Gasteiger charge is 2.25. The van der Waals surface area contributed by atoms with Gasteiger partial charge in [0.15, 0.2) is 0 Å². The Kier molecular flexibility index (Phi) is 3.73. The van der Waals surface area contributed by atoms with Crippen LogP contribution in [0, 0.1) is 0 Å². The van der Waals surface area contributed by atoms with Gasteiger partial charge in [-0.2, -0.15) is 0 Å². The van der Waals surface area contributed by atoms with Gasteiger partial charge in [0.05, 0.1) is 12.6 Å². The Balaban J connectivity index is 3.10. The molecule has 86 valence electrons. The molecule has 0 saturated heterocycles. The van der Waals surface area contributed by atoms with E-state index >= 15 is 0 Å². The molecule has 0 bridgehead atoms. The van der Waals surface area contributed by atoms with E-state index in [4.69, 9.17) is 16.3 Å². The van der Waals surface area contributed by atoms with E-state index in [2.05, 4.69) is 31.0 Å².